The minimum Gasteiger partial charge on any atom is -0.348 e. The normalized spacial score (nSPS) is 22.4. The first kappa shape index (κ1) is 15.4. The molecule has 2 atom stereocenters. The first-order chi connectivity index (χ1) is 9.60. The molecule has 1 amide bonds. The van der Waals surface area contributed by atoms with Crippen molar-refractivity contribution < 1.29 is 4.79 Å². The van der Waals surface area contributed by atoms with Crippen molar-refractivity contribution in [2.24, 2.45) is 17.6 Å². The number of nitrogens with zero attached hydrogens (tertiary/aromatic N) is 1. The van der Waals surface area contributed by atoms with Gasteiger partial charge in [-0.2, -0.15) is 0 Å². The summed E-state index contributed by atoms with van der Waals surface area (Å²) in [6, 6.07) is 0.323. The van der Waals surface area contributed by atoms with E-state index in [9.17, 15) is 4.79 Å². The highest BCUT2D eigenvalue weighted by Gasteiger charge is 2.29. The summed E-state index contributed by atoms with van der Waals surface area (Å²) in [5, 5.41) is 5.79. The zero-order chi connectivity index (χ0) is 14.5. The smallest absolute Gasteiger partial charge is 0.270 e. The molecular weight excluding hydrogens is 270 g/mol. The zero-order valence-electron chi connectivity index (χ0n) is 12.4. The van der Waals surface area contributed by atoms with E-state index in [2.05, 4.69) is 24.1 Å². The van der Waals surface area contributed by atoms with Crippen LogP contribution in [-0.4, -0.2) is 16.9 Å². The van der Waals surface area contributed by atoms with Gasteiger partial charge in [0.05, 0.1) is 0 Å². The van der Waals surface area contributed by atoms with Crippen molar-refractivity contribution in [1.82, 2.24) is 10.3 Å². The highest BCUT2D eigenvalue weighted by molar-refractivity contribution is 7.09. The van der Waals surface area contributed by atoms with Gasteiger partial charge < -0.3 is 11.1 Å². The molecule has 20 heavy (non-hydrogen) atoms. The van der Waals surface area contributed by atoms with E-state index >= 15 is 0 Å². The van der Waals surface area contributed by atoms with Gasteiger partial charge >= 0.3 is 0 Å². The van der Waals surface area contributed by atoms with Gasteiger partial charge in [-0.1, -0.05) is 26.7 Å². The molecule has 2 rings (SSSR count). The number of nitrogens with one attached hydrogen (secondary N) is 1. The number of hydrogen-bond acceptors (Lipinski definition) is 4. The number of hydrogen-bond donors (Lipinski definition) is 2. The summed E-state index contributed by atoms with van der Waals surface area (Å²) in [6.45, 7) is 4.91. The molecule has 1 aliphatic carbocycles. The van der Waals surface area contributed by atoms with Crippen LogP contribution in [-0.2, 0) is 6.54 Å². The van der Waals surface area contributed by atoms with Gasteiger partial charge in [-0.25, -0.2) is 4.98 Å². The molecule has 1 aliphatic rings. The van der Waals surface area contributed by atoms with Gasteiger partial charge in [-0.05, 0) is 31.1 Å². The summed E-state index contributed by atoms with van der Waals surface area (Å²) in [6.07, 6.45) is 6.02. The molecule has 0 bridgehead atoms. The molecule has 5 heteroatoms. The molecule has 4 nitrogen and oxygen atoms in total. The molecule has 1 heterocycles. The van der Waals surface area contributed by atoms with E-state index < -0.39 is 0 Å². The Kier molecular flexibility index (Phi) is 5.54. The van der Waals surface area contributed by atoms with Crippen molar-refractivity contribution in [1.29, 1.82) is 0 Å². The first-order valence-corrected chi connectivity index (χ1v) is 8.43. The van der Waals surface area contributed by atoms with Crippen molar-refractivity contribution in [3.63, 3.8) is 0 Å². The third-order valence-electron chi connectivity index (χ3n) is 4.05. The number of nitrogens with two attached hydrogens (primary N) is 1. The van der Waals surface area contributed by atoms with Crippen molar-refractivity contribution in [3.8, 4) is 0 Å². The molecule has 2 unspecified atom stereocenters. The second-order valence-corrected chi connectivity index (χ2v) is 7.02. The number of amides is 1. The molecule has 0 aromatic carbocycles. The summed E-state index contributed by atoms with van der Waals surface area (Å²) in [4.78, 5) is 16.5. The molecule has 1 aromatic heterocycles. The fourth-order valence-corrected chi connectivity index (χ4v) is 3.53. The summed E-state index contributed by atoms with van der Waals surface area (Å²) in [5.74, 6) is 1.33. The lowest BCUT2D eigenvalue weighted by Gasteiger charge is -2.21. The Morgan fingerprint density at radius 1 is 1.55 bits per heavy atom. The van der Waals surface area contributed by atoms with Crippen LogP contribution in [0.15, 0.2) is 5.38 Å². The number of thiazole rings is 1. The molecule has 0 radical (unpaired) electrons. The lowest BCUT2D eigenvalue weighted by Crippen LogP contribution is -2.37. The number of carbonyl (C=O) groups is 1. The quantitative estimate of drug-likeness (QED) is 0.848. The molecule has 112 valence electrons. The molecule has 1 saturated carbocycles. The van der Waals surface area contributed by atoms with Crippen LogP contribution in [0.25, 0.3) is 0 Å². The maximum Gasteiger partial charge on any atom is 0.270 e. The summed E-state index contributed by atoms with van der Waals surface area (Å²) in [5.41, 5.74) is 6.05. The van der Waals surface area contributed by atoms with Crippen LogP contribution in [0, 0.1) is 11.8 Å². The predicted molar refractivity (Wildman–Crippen MR) is 82.7 cm³/mol. The van der Waals surface area contributed by atoms with Crippen LogP contribution in [0.1, 0.15) is 61.4 Å². The molecular formula is C15H25N3OS. The van der Waals surface area contributed by atoms with Crippen LogP contribution in [0.4, 0.5) is 0 Å². The Labute approximate surface area is 125 Å². The third kappa shape index (κ3) is 4.03. The van der Waals surface area contributed by atoms with Crippen LogP contribution in [0.5, 0.6) is 0 Å². The lowest BCUT2D eigenvalue weighted by atomic mass is 9.93. The highest BCUT2D eigenvalue weighted by Crippen LogP contribution is 2.30. The van der Waals surface area contributed by atoms with Crippen molar-refractivity contribution in [2.45, 2.75) is 58.5 Å². The van der Waals surface area contributed by atoms with Crippen LogP contribution in [0.2, 0.25) is 0 Å². The van der Waals surface area contributed by atoms with Gasteiger partial charge in [-0.15, -0.1) is 11.3 Å². The Bertz CT molecular complexity index is 444. The summed E-state index contributed by atoms with van der Waals surface area (Å²) in [7, 11) is 0. The maximum absolute atomic E-state index is 12.2. The van der Waals surface area contributed by atoms with Gasteiger partial charge in [0.2, 0.25) is 0 Å². The maximum atomic E-state index is 12.2. The summed E-state index contributed by atoms with van der Waals surface area (Å²) >= 11 is 1.45. The van der Waals surface area contributed by atoms with Gasteiger partial charge in [0.1, 0.15) is 10.7 Å². The zero-order valence-corrected chi connectivity index (χ0v) is 13.2. The minimum absolute atomic E-state index is 0.0394. The monoisotopic (exact) mass is 295 g/mol. The van der Waals surface area contributed by atoms with E-state index in [0.29, 0.717) is 24.2 Å². The van der Waals surface area contributed by atoms with Crippen molar-refractivity contribution >= 4 is 17.2 Å². The highest BCUT2D eigenvalue weighted by atomic mass is 32.1. The molecule has 3 N–H and O–H groups in total. The van der Waals surface area contributed by atoms with Crippen LogP contribution >= 0.6 is 11.3 Å². The largest absolute Gasteiger partial charge is 0.348 e. The van der Waals surface area contributed by atoms with Crippen LogP contribution in [0.3, 0.4) is 0 Å². The van der Waals surface area contributed by atoms with E-state index in [0.717, 1.165) is 17.3 Å². The predicted octanol–water partition coefficient (Wildman–Crippen LogP) is 2.94. The molecule has 0 spiro atoms. The number of aromatic nitrogens is 1. The Hall–Kier alpha value is -0.940. The fourth-order valence-electron chi connectivity index (χ4n) is 2.87. The first-order valence-electron chi connectivity index (χ1n) is 7.55. The van der Waals surface area contributed by atoms with Gasteiger partial charge in [0.25, 0.3) is 5.91 Å². The van der Waals surface area contributed by atoms with Gasteiger partial charge in [-0.3, -0.25) is 4.79 Å². The van der Waals surface area contributed by atoms with E-state index in [1.807, 2.05) is 0 Å². The van der Waals surface area contributed by atoms with E-state index in [1.165, 1.54) is 37.0 Å². The van der Waals surface area contributed by atoms with Gasteiger partial charge in [0.15, 0.2) is 0 Å². The molecule has 0 saturated heterocycles. The number of carbonyl (C=O) groups excluding carboxylic acids is 1. The fraction of sp³-hybridized carbons (Fsp3) is 0.733. The third-order valence-corrected chi connectivity index (χ3v) is 4.92. The number of rotatable bonds is 6. The minimum atomic E-state index is -0.0394. The average Bonchev–Trinajstić information content (AvgIpc) is 3.04. The Morgan fingerprint density at radius 2 is 2.35 bits per heavy atom. The molecule has 0 aliphatic heterocycles. The van der Waals surface area contributed by atoms with E-state index in [-0.39, 0.29) is 5.91 Å². The molecule has 1 fully saturated rings. The van der Waals surface area contributed by atoms with Crippen LogP contribution < -0.4 is 11.1 Å². The Balaban J connectivity index is 1.89. The summed E-state index contributed by atoms with van der Waals surface area (Å²) < 4.78 is 0. The van der Waals surface area contributed by atoms with E-state index in [4.69, 9.17) is 5.73 Å². The average molecular weight is 295 g/mol. The SMILES string of the molecule is CC(C)CCC1CCCC1NC(=O)c1csc(CN)n1. The topological polar surface area (TPSA) is 68.0 Å². The van der Waals surface area contributed by atoms with Crippen molar-refractivity contribution in [2.75, 3.05) is 0 Å². The molecule has 1 aromatic rings. The standard InChI is InChI=1S/C15H25N3OS/c1-10(2)6-7-11-4-3-5-12(11)18-15(19)13-9-20-14(8-16)17-13/h9-12H,3-8,16H2,1-2H3,(H,18,19). The lowest BCUT2D eigenvalue weighted by molar-refractivity contribution is 0.0921. The van der Waals surface area contributed by atoms with Gasteiger partial charge in [0, 0.05) is 18.0 Å². The Morgan fingerprint density at radius 3 is 3.00 bits per heavy atom. The second kappa shape index (κ2) is 7.18. The van der Waals surface area contributed by atoms with Crippen molar-refractivity contribution in [3.05, 3.63) is 16.1 Å². The van der Waals surface area contributed by atoms with E-state index in [1.54, 1.807) is 5.38 Å². The second-order valence-electron chi connectivity index (χ2n) is 6.07.